The van der Waals surface area contributed by atoms with E-state index >= 15 is 0 Å². The Labute approximate surface area is 159 Å². The maximum absolute atomic E-state index is 12.8. The lowest BCUT2D eigenvalue weighted by atomic mass is 10.1. The van der Waals surface area contributed by atoms with Crippen LogP contribution in [-0.4, -0.2) is 67.8 Å². The van der Waals surface area contributed by atoms with E-state index in [1.807, 2.05) is 35.2 Å². The van der Waals surface area contributed by atoms with Gasteiger partial charge in [-0.15, -0.1) is 0 Å². The number of ether oxygens (including phenoxy) is 2. The quantitative estimate of drug-likeness (QED) is 0.845. The van der Waals surface area contributed by atoms with Crippen LogP contribution < -0.4 is 9.47 Å². The second-order valence-electron chi connectivity index (χ2n) is 6.62. The number of β-amino-alcohol motifs (C(OH)–C–C–N with tert-alkyl or cyclic N) is 1. The van der Waals surface area contributed by atoms with Crippen molar-refractivity contribution in [3.05, 3.63) is 59.7 Å². The van der Waals surface area contributed by atoms with E-state index in [-0.39, 0.29) is 5.91 Å². The standard InChI is InChI=1S/C21H26N2O4/c1-26-18-12-17(13-19(14-18)27-2)21(25)23-10-8-22(9-11-23)15-20(24)16-6-4-3-5-7-16/h3-7,12-14,20,24H,8-11,15H2,1-2H3. The van der Waals surface area contributed by atoms with Crippen molar-refractivity contribution < 1.29 is 19.4 Å². The zero-order valence-corrected chi connectivity index (χ0v) is 15.8. The fraction of sp³-hybridized carbons (Fsp3) is 0.381. The molecule has 0 saturated carbocycles. The predicted octanol–water partition coefficient (Wildman–Crippen LogP) is 2.20. The lowest BCUT2D eigenvalue weighted by Gasteiger charge is -2.35. The van der Waals surface area contributed by atoms with Crippen LogP contribution in [0.15, 0.2) is 48.5 Å². The molecule has 1 fully saturated rings. The van der Waals surface area contributed by atoms with Gasteiger partial charge in [0.2, 0.25) is 0 Å². The van der Waals surface area contributed by atoms with Gasteiger partial charge in [-0.3, -0.25) is 9.69 Å². The molecule has 0 radical (unpaired) electrons. The molecule has 1 aliphatic rings. The highest BCUT2D eigenvalue weighted by molar-refractivity contribution is 5.95. The Hall–Kier alpha value is -2.57. The van der Waals surface area contributed by atoms with Gasteiger partial charge >= 0.3 is 0 Å². The number of carbonyl (C=O) groups is 1. The van der Waals surface area contributed by atoms with Gasteiger partial charge in [0.05, 0.1) is 20.3 Å². The molecule has 0 aliphatic carbocycles. The van der Waals surface area contributed by atoms with E-state index < -0.39 is 6.10 Å². The van der Waals surface area contributed by atoms with Crippen LogP contribution in [0.25, 0.3) is 0 Å². The van der Waals surface area contributed by atoms with E-state index in [2.05, 4.69) is 4.90 Å². The molecule has 0 bridgehead atoms. The first-order valence-electron chi connectivity index (χ1n) is 9.08. The third-order valence-electron chi connectivity index (χ3n) is 4.87. The summed E-state index contributed by atoms with van der Waals surface area (Å²) in [5.74, 6) is 1.17. The summed E-state index contributed by atoms with van der Waals surface area (Å²) in [7, 11) is 3.14. The van der Waals surface area contributed by atoms with Gasteiger partial charge in [-0.2, -0.15) is 0 Å². The topological polar surface area (TPSA) is 62.2 Å². The van der Waals surface area contributed by atoms with Gasteiger partial charge in [-0.1, -0.05) is 30.3 Å². The number of aliphatic hydroxyl groups excluding tert-OH is 1. The van der Waals surface area contributed by atoms with Gasteiger partial charge in [-0.25, -0.2) is 0 Å². The van der Waals surface area contributed by atoms with Gasteiger partial charge in [0.15, 0.2) is 0 Å². The maximum Gasteiger partial charge on any atom is 0.254 e. The molecule has 1 atom stereocenters. The van der Waals surface area contributed by atoms with E-state index in [0.29, 0.717) is 36.7 Å². The summed E-state index contributed by atoms with van der Waals surface area (Å²) in [6.45, 7) is 3.28. The number of nitrogens with zero attached hydrogens (tertiary/aromatic N) is 2. The zero-order chi connectivity index (χ0) is 19.2. The molecule has 2 aromatic rings. The molecule has 27 heavy (non-hydrogen) atoms. The summed E-state index contributed by atoms with van der Waals surface area (Å²) in [4.78, 5) is 16.9. The third kappa shape index (κ3) is 4.78. The van der Waals surface area contributed by atoms with Crippen molar-refractivity contribution >= 4 is 5.91 Å². The molecule has 2 aromatic carbocycles. The monoisotopic (exact) mass is 370 g/mol. The number of hydrogen-bond donors (Lipinski definition) is 1. The maximum atomic E-state index is 12.8. The molecule has 0 aromatic heterocycles. The Bertz CT molecular complexity index is 736. The van der Waals surface area contributed by atoms with Gasteiger partial charge in [0, 0.05) is 44.4 Å². The van der Waals surface area contributed by atoms with Crippen molar-refractivity contribution in [3.8, 4) is 11.5 Å². The second-order valence-corrected chi connectivity index (χ2v) is 6.62. The molecular formula is C21H26N2O4. The smallest absolute Gasteiger partial charge is 0.254 e. The van der Waals surface area contributed by atoms with E-state index in [4.69, 9.17) is 9.47 Å². The number of aliphatic hydroxyl groups is 1. The van der Waals surface area contributed by atoms with Crippen molar-refractivity contribution in [1.29, 1.82) is 0 Å². The highest BCUT2D eigenvalue weighted by Crippen LogP contribution is 2.24. The van der Waals surface area contributed by atoms with Crippen molar-refractivity contribution in [1.82, 2.24) is 9.80 Å². The molecule has 1 heterocycles. The molecule has 1 aliphatic heterocycles. The molecule has 144 valence electrons. The number of hydrogen-bond acceptors (Lipinski definition) is 5. The summed E-state index contributed by atoms with van der Waals surface area (Å²) < 4.78 is 10.5. The Morgan fingerprint density at radius 2 is 1.59 bits per heavy atom. The first-order chi connectivity index (χ1) is 13.1. The van der Waals surface area contributed by atoms with E-state index in [9.17, 15) is 9.90 Å². The fourth-order valence-electron chi connectivity index (χ4n) is 3.27. The van der Waals surface area contributed by atoms with E-state index in [0.717, 1.165) is 18.7 Å². The Morgan fingerprint density at radius 1 is 1.00 bits per heavy atom. The Kier molecular flexibility index (Phi) is 6.32. The fourth-order valence-corrected chi connectivity index (χ4v) is 3.27. The molecule has 1 unspecified atom stereocenters. The molecule has 1 saturated heterocycles. The van der Waals surface area contributed by atoms with Crippen LogP contribution in [0.4, 0.5) is 0 Å². The van der Waals surface area contributed by atoms with Crippen molar-refractivity contribution in [2.75, 3.05) is 46.9 Å². The van der Waals surface area contributed by atoms with Crippen LogP contribution in [0.3, 0.4) is 0 Å². The van der Waals surface area contributed by atoms with Crippen molar-refractivity contribution in [2.24, 2.45) is 0 Å². The van der Waals surface area contributed by atoms with Crippen LogP contribution in [0, 0.1) is 0 Å². The normalized spacial score (nSPS) is 16.0. The van der Waals surface area contributed by atoms with Crippen molar-refractivity contribution in [3.63, 3.8) is 0 Å². The van der Waals surface area contributed by atoms with Crippen LogP contribution in [0.2, 0.25) is 0 Å². The van der Waals surface area contributed by atoms with Gasteiger partial charge in [-0.05, 0) is 17.7 Å². The number of methoxy groups -OCH3 is 2. The van der Waals surface area contributed by atoms with E-state index in [1.54, 1.807) is 32.4 Å². The third-order valence-corrected chi connectivity index (χ3v) is 4.87. The number of piperazine rings is 1. The minimum atomic E-state index is -0.518. The molecular weight excluding hydrogens is 344 g/mol. The van der Waals surface area contributed by atoms with Gasteiger partial charge < -0.3 is 19.5 Å². The van der Waals surface area contributed by atoms with Crippen LogP contribution >= 0.6 is 0 Å². The largest absolute Gasteiger partial charge is 0.497 e. The number of amides is 1. The van der Waals surface area contributed by atoms with Gasteiger partial charge in [0.1, 0.15) is 11.5 Å². The average Bonchev–Trinajstić information content (AvgIpc) is 2.74. The number of carbonyl (C=O) groups excluding carboxylic acids is 1. The Balaban J connectivity index is 1.58. The number of rotatable bonds is 6. The highest BCUT2D eigenvalue weighted by atomic mass is 16.5. The summed E-state index contributed by atoms with van der Waals surface area (Å²) in [6.07, 6.45) is -0.518. The molecule has 3 rings (SSSR count). The summed E-state index contributed by atoms with van der Waals surface area (Å²) in [5, 5.41) is 10.4. The van der Waals surface area contributed by atoms with E-state index in [1.165, 1.54) is 0 Å². The van der Waals surface area contributed by atoms with Gasteiger partial charge in [0.25, 0.3) is 5.91 Å². The molecule has 6 nitrogen and oxygen atoms in total. The lowest BCUT2D eigenvalue weighted by Crippen LogP contribution is -2.49. The molecule has 1 amide bonds. The van der Waals surface area contributed by atoms with Crippen LogP contribution in [0.5, 0.6) is 11.5 Å². The molecule has 0 spiro atoms. The summed E-state index contributed by atoms with van der Waals surface area (Å²) >= 11 is 0. The number of benzene rings is 2. The first-order valence-corrected chi connectivity index (χ1v) is 9.08. The summed E-state index contributed by atoms with van der Waals surface area (Å²) in [5.41, 5.74) is 1.48. The first kappa shape index (κ1) is 19.2. The Morgan fingerprint density at radius 3 is 2.15 bits per heavy atom. The van der Waals surface area contributed by atoms with Crippen molar-refractivity contribution in [2.45, 2.75) is 6.10 Å². The average molecular weight is 370 g/mol. The minimum absolute atomic E-state index is 0.0320. The lowest BCUT2D eigenvalue weighted by molar-refractivity contribution is 0.0527. The predicted molar refractivity (Wildman–Crippen MR) is 103 cm³/mol. The van der Waals surface area contributed by atoms with Crippen LogP contribution in [0.1, 0.15) is 22.0 Å². The SMILES string of the molecule is COc1cc(OC)cc(C(=O)N2CCN(CC(O)c3ccccc3)CC2)c1. The highest BCUT2D eigenvalue weighted by Gasteiger charge is 2.24. The summed E-state index contributed by atoms with van der Waals surface area (Å²) in [6, 6.07) is 14.9. The minimum Gasteiger partial charge on any atom is -0.497 e. The van der Waals surface area contributed by atoms with Crippen LogP contribution in [-0.2, 0) is 0 Å². The molecule has 1 N–H and O–H groups in total. The molecule has 6 heteroatoms. The second kappa shape index (κ2) is 8.88. The zero-order valence-electron chi connectivity index (χ0n) is 15.8.